The first-order valence-electron chi connectivity index (χ1n) is 3.61. The average molecular weight is 159 g/mol. The zero-order valence-corrected chi connectivity index (χ0v) is 7.94. The van der Waals surface area contributed by atoms with Crippen LogP contribution in [0.15, 0.2) is 0 Å². The highest BCUT2D eigenvalue weighted by Crippen LogP contribution is 1.93. The highest BCUT2D eigenvalue weighted by atomic mass is 28.3. The van der Waals surface area contributed by atoms with E-state index in [1.54, 1.807) is 0 Å². The van der Waals surface area contributed by atoms with E-state index >= 15 is 0 Å². The Morgan fingerprint density at radius 3 is 2.50 bits per heavy atom. The maximum Gasteiger partial charge on any atom is 0.305 e. The lowest BCUT2D eigenvalue weighted by Gasteiger charge is -2.03. The van der Waals surface area contributed by atoms with E-state index in [0.29, 0.717) is 13.0 Å². The zero-order valence-electron chi connectivity index (χ0n) is 6.94. The lowest BCUT2D eigenvalue weighted by molar-refractivity contribution is -0.142. The molecule has 0 spiro atoms. The molecule has 3 heteroatoms. The maximum absolute atomic E-state index is 10.6. The van der Waals surface area contributed by atoms with Crippen LogP contribution < -0.4 is 0 Å². The molecule has 0 bridgehead atoms. The number of ether oxygens (including phenoxy) is 1. The van der Waals surface area contributed by atoms with Crippen molar-refractivity contribution in [2.75, 3.05) is 6.61 Å². The van der Waals surface area contributed by atoms with Gasteiger partial charge in [0.2, 0.25) is 0 Å². The highest BCUT2D eigenvalue weighted by molar-refractivity contribution is 6.55. The third-order valence-electron chi connectivity index (χ3n) is 1.15. The van der Waals surface area contributed by atoms with Gasteiger partial charge >= 0.3 is 5.97 Å². The van der Waals surface area contributed by atoms with Crippen LogP contribution in [0, 0.1) is 0 Å². The molecule has 0 aromatic rings. The molecule has 0 atom stereocenters. The normalized spacial score (nSPS) is 10.0. The fourth-order valence-corrected chi connectivity index (χ4v) is 0.981. The predicted octanol–water partition coefficient (Wildman–Crippen LogP) is 1.69. The molecule has 0 saturated heterocycles. The van der Waals surface area contributed by atoms with Crippen LogP contribution in [0.25, 0.3) is 0 Å². The summed E-state index contributed by atoms with van der Waals surface area (Å²) in [6.07, 6.45) is 0.496. The minimum atomic E-state index is -0.216. The van der Waals surface area contributed by atoms with Crippen molar-refractivity contribution in [1.82, 2.24) is 0 Å². The van der Waals surface area contributed by atoms with Crippen molar-refractivity contribution in [1.29, 1.82) is 0 Å². The van der Waals surface area contributed by atoms with Crippen LogP contribution in [0.1, 0.15) is 13.3 Å². The molecule has 0 aliphatic heterocycles. The van der Waals surface area contributed by atoms with Gasteiger partial charge in [0.15, 0.2) is 0 Å². The predicted molar refractivity (Wildman–Crippen MR) is 43.5 cm³/mol. The van der Waals surface area contributed by atoms with E-state index in [0.717, 1.165) is 6.04 Å². The quantitative estimate of drug-likeness (QED) is 0.461. The Hall–Kier alpha value is -0.313. The summed E-state index contributed by atoms with van der Waals surface area (Å²) in [5.74, 6) is -0.0803. The van der Waals surface area contributed by atoms with Crippen molar-refractivity contribution in [2.24, 2.45) is 0 Å². The second-order valence-electron chi connectivity index (χ2n) is 2.53. The SMILES string of the molecule is CCC(=O)OCC[Si](C)C. The van der Waals surface area contributed by atoms with Crippen molar-refractivity contribution in [2.45, 2.75) is 32.5 Å². The Morgan fingerprint density at radius 2 is 2.10 bits per heavy atom. The number of carbonyl (C=O) groups is 1. The van der Waals surface area contributed by atoms with E-state index in [1.165, 1.54) is 0 Å². The number of carbonyl (C=O) groups excluding carboxylic acids is 1. The molecule has 0 aromatic carbocycles. The number of hydrogen-bond donors (Lipinski definition) is 0. The van der Waals surface area contributed by atoms with Gasteiger partial charge < -0.3 is 4.74 Å². The Balaban J connectivity index is 3.12. The molecule has 0 amide bonds. The lowest BCUT2D eigenvalue weighted by Crippen LogP contribution is -2.09. The first-order valence-corrected chi connectivity index (χ1v) is 6.32. The van der Waals surface area contributed by atoms with Gasteiger partial charge in [-0.15, -0.1) is 0 Å². The molecule has 0 aliphatic rings. The molecule has 1 radical (unpaired) electrons. The molecule has 0 heterocycles. The summed E-state index contributed by atoms with van der Waals surface area (Å²) >= 11 is 0. The third-order valence-corrected chi connectivity index (χ3v) is 2.36. The van der Waals surface area contributed by atoms with Gasteiger partial charge in [-0.1, -0.05) is 20.0 Å². The van der Waals surface area contributed by atoms with Gasteiger partial charge in [-0.2, -0.15) is 0 Å². The van der Waals surface area contributed by atoms with Gasteiger partial charge in [0.25, 0.3) is 0 Å². The largest absolute Gasteiger partial charge is 0.466 e. The molecular weight excluding hydrogens is 144 g/mol. The first-order chi connectivity index (χ1) is 4.66. The van der Waals surface area contributed by atoms with Crippen molar-refractivity contribution in [3.8, 4) is 0 Å². The summed E-state index contributed by atoms with van der Waals surface area (Å²) < 4.78 is 4.89. The van der Waals surface area contributed by atoms with Gasteiger partial charge in [-0.05, 0) is 6.04 Å². The standard InChI is InChI=1S/C7H15O2Si/c1-4-7(8)9-5-6-10(2)3/h4-6H2,1-3H3. The van der Waals surface area contributed by atoms with Crippen LogP contribution in [0.3, 0.4) is 0 Å². The van der Waals surface area contributed by atoms with E-state index in [2.05, 4.69) is 13.1 Å². The molecule has 10 heavy (non-hydrogen) atoms. The lowest BCUT2D eigenvalue weighted by atomic mass is 10.5. The fourth-order valence-electron chi connectivity index (χ4n) is 0.471. The second kappa shape index (κ2) is 5.47. The van der Waals surface area contributed by atoms with Crippen LogP contribution in [0.5, 0.6) is 0 Å². The topological polar surface area (TPSA) is 26.3 Å². The van der Waals surface area contributed by atoms with Crippen molar-refractivity contribution in [3.63, 3.8) is 0 Å². The molecule has 0 N–H and O–H groups in total. The number of rotatable bonds is 4. The van der Waals surface area contributed by atoms with Crippen LogP contribution >= 0.6 is 0 Å². The van der Waals surface area contributed by atoms with Crippen LogP contribution in [-0.2, 0) is 9.53 Å². The Morgan fingerprint density at radius 1 is 1.50 bits per heavy atom. The van der Waals surface area contributed by atoms with Crippen molar-refractivity contribution >= 4 is 14.8 Å². The van der Waals surface area contributed by atoms with Crippen molar-refractivity contribution in [3.05, 3.63) is 0 Å². The molecule has 2 nitrogen and oxygen atoms in total. The summed E-state index contributed by atoms with van der Waals surface area (Å²) in [6.45, 7) is 6.86. The highest BCUT2D eigenvalue weighted by Gasteiger charge is 1.99. The maximum atomic E-state index is 10.6. The van der Waals surface area contributed by atoms with Gasteiger partial charge in [0, 0.05) is 15.2 Å². The second-order valence-corrected chi connectivity index (χ2v) is 5.45. The van der Waals surface area contributed by atoms with E-state index in [-0.39, 0.29) is 14.8 Å². The molecule has 0 rings (SSSR count). The third kappa shape index (κ3) is 5.82. The van der Waals surface area contributed by atoms with Crippen LogP contribution in [0.4, 0.5) is 0 Å². The Labute approximate surface area is 64.2 Å². The first kappa shape index (κ1) is 9.69. The van der Waals surface area contributed by atoms with Gasteiger partial charge in [-0.25, -0.2) is 0 Å². The van der Waals surface area contributed by atoms with E-state index in [4.69, 9.17) is 4.74 Å². The molecule has 0 fully saturated rings. The number of hydrogen-bond acceptors (Lipinski definition) is 2. The van der Waals surface area contributed by atoms with Crippen LogP contribution in [0.2, 0.25) is 19.1 Å². The monoisotopic (exact) mass is 159 g/mol. The summed E-state index contributed by atoms with van der Waals surface area (Å²) in [5.41, 5.74) is 0. The Kier molecular flexibility index (Phi) is 5.30. The average Bonchev–Trinajstić information content (AvgIpc) is 1.87. The molecule has 0 aromatic heterocycles. The summed E-state index contributed by atoms with van der Waals surface area (Å²) in [6, 6.07) is 1.07. The summed E-state index contributed by atoms with van der Waals surface area (Å²) in [7, 11) is -0.216. The van der Waals surface area contributed by atoms with Crippen molar-refractivity contribution < 1.29 is 9.53 Å². The van der Waals surface area contributed by atoms with Gasteiger partial charge in [0.1, 0.15) is 0 Å². The Bertz CT molecular complexity index is 102. The minimum Gasteiger partial charge on any atom is -0.466 e. The molecule has 59 valence electrons. The van der Waals surface area contributed by atoms with E-state index in [1.807, 2.05) is 6.92 Å². The smallest absolute Gasteiger partial charge is 0.305 e. The van der Waals surface area contributed by atoms with E-state index in [9.17, 15) is 4.79 Å². The molecule has 0 aliphatic carbocycles. The minimum absolute atomic E-state index is 0.0803. The van der Waals surface area contributed by atoms with Gasteiger partial charge in [-0.3, -0.25) is 4.79 Å². The van der Waals surface area contributed by atoms with Gasteiger partial charge in [0.05, 0.1) is 6.61 Å². The zero-order chi connectivity index (χ0) is 7.98. The summed E-state index contributed by atoms with van der Waals surface area (Å²) in [5, 5.41) is 0. The number of esters is 1. The molecule has 0 unspecified atom stereocenters. The molecule has 0 saturated carbocycles. The molecular formula is C7H15O2Si. The summed E-state index contributed by atoms with van der Waals surface area (Å²) in [4.78, 5) is 10.6. The van der Waals surface area contributed by atoms with Crippen LogP contribution in [-0.4, -0.2) is 21.4 Å². The van der Waals surface area contributed by atoms with E-state index < -0.39 is 0 Å². The fraction of sp³-hybridized carbons (Fsp3) is 0.857.